The molecule has 6 nitrogen and oxygen atoms in total. The molecule has 1 fully saturated rings. The van der Waals surface area contributed by atoms with Crippen molar-refractivity contribution >= 4 is 41.3 Å². The molecule has 11 heteroatoms. The van der Waals surface area contributed by atoms with Crippen LogP contribution in [0.25, 0.3) is 0 Å². The van der Waals surface area contributed by atoms with E-state index in [9.17, 15) is 13.2 Å². The Bertz CT molecular complexity index is 772. The molecule has 1 atom stereocenters. The molecule has 0 amide bonds. The van der Waals surface area contributed by atoms with Crippen LogP contribution in [0.2, 0.25) is 0 Å². The molecular weight excluding hydrogens is 492 g/mol. The molecule has 27 heavy (non-hydrogen) atoms. The van der Waals surface area contributed by atoms with Crippen molar-refractivity contribution in [2.75, 3.05) is 19.6 Å². The zero-order valence-electron chi connectivity index (χ0n) is 15.0. The van der Waals surface area contributed by atoms with E-state index in [2.05, 4.69) is 25.3 Å². The average Bonchev–Trinajstić information content (AvgIpc) is 3.30. The molecule has 0 bridgehead atoms. The highest BCUT2D eigenvalue weighted by Crippen LogP contribution is 2.30. The quantitative estimate of drug-likeness (QED) is 0.386. The Kier molecular flexibility index (Phi) is 7.48. The van der Waals surface area contributed by atoms with Crippen molar-refractivity contribution in [2.45, 2.75) is 32.0 Å². The maximum Gasteiger partial charge on any atom is 0.434 e. The SMILES string of the molecule is CCNC(=NCc1nc(C(F)(F)F)cs1)N1CCC(c2cnn(C)c2)C1.I. The number of thiazole rings is 1. The van der Waals surface area contributed by atoms with Crippen LogP contribution in [0.5, 0.6) is 0 Å². The average molecular weight is 514 g/mol. The van der Waals surface area contributed by atoms with Gasteiger partial charge < -0.3 is 10.2 Å². The van der Waals surface area contributed by atoms with Crippen molar-refractivity contribution in [3.8, 4) is 0 Å². The van der Waals surface area contributed by atoms with Crippen LogP contribution in [-0.2, 0) is 19.8 Å². The van der Waals surface area contributed by atoms with Crippen molar-refractivity contribution in [1.82, 2.24) is 25.0 Å². The number of aliphatic imine (C=N–C) groups is 1. The fourth-order valence-corrected chi connectivity index (χ4v) is 3.68. The number of aryl methyl sites for hydroxylation is 1. The standard InChI is InChI=1S/C16H21F3N6S.HI/c1-3-20-15(21-7-14-23-13(10-26-14)16(17,18)19)25-5-4-11(9-25)12-6-22-24(2)8-12;/h6,8,10-11H,3-5,7,9H2,1-2H3,(H,20,21);1H. The zero-order valence-corrected chi connectivity index (χ0v) is 18.2. The van der Waals surface area contributed by atoms with Crippen LogP contribution in [0.1, 0.15) is 35.5 Å². The van der Waals surface area contributed by atoms with Crippen molar-refractivity contribution in [1.29, 1.82) is 0 Å². The summed E-state index contributed by atoms with van der Waals surface area (Å²) in [5.41, 5.74) is 0.344. The number of halogens is 4. The van der Waals surface area contributed by atoms with Gasteiger partial charge in [-0.2, -0.15) is 18.3 Å². The first-order chi connectivity index (χ1) is 12.4. The van der Waals surface area contributed by atoms with Gasteiger partial charge in [0.25, 0.3) is 0 Å². The number of hydrogen-bond acceptors (Lipinski definition) is 4. The first-order valence-corrected chi connectivity index (χ1v) is 9.28. The number of rotatable bonds is 4. The van der Waals surface area contributed by atoms with E-state index in [1.165, 1.54) is 5.56 Å². The van der Waals surface area contributed by atoms with Gasteiger partial charge in [0, 0.05) is 44.2 Å². The van der Waals surface area contributed by atoms with Gasteiger partial charge in [0.15, 0.2) is 11.7 Å². The Morgan fingerprint density at radius 1 is 1.44 bits per heavy atom. The van der Waals surface area contributed by atoms with Gasteiger partial charge in [-0.1, -0.05) is 0 Å². The van der Waals surface area contributed by atoms with Gasteiger partial charge >= 0.3 is 6.18 Å². The van der Waals surface area contributed by atoms with Crippen LogP contribution < -0.4 is 5.32 Å². The second kappa shape index (κ2) is 9.22. The van der Waals surface area contributed by atoms with Crippen molar-refractivity contribution in [3.63, 3.8) is 0 Å². The third-order valence-corrected chi connectivity index (χ3v) is 5.06. The highest BCUT2D eigenvalue weighted by Gasteiger charge is 2.33. The van der Waals surface area contributed by atoms with E-state index >= 15 is 0 Å². The molecule has 150 valence electrons. The molecule has 0 radical (unpaired) electrons. The maximum atomic E-state index is 12.7. The second-order valence-corrected chi connectivity index (χ2v) is 7.12. The minimum absolute atomic E-state index is 0. The predicted molar refractivity (Wildman–Crippen MR) is 109 cm³/mol. The third kappa shape index (κ3) is 5.56. The summed E-state index contributed by atoms with van der Waals surface area (Å²) < 4.78 is 39.7. The van der Waals surface area contributed by atoms with Crippen LogP contribution in [0.4, 0.5) is 13.2 Å². The molecule has 3 rings (SSSR count). The maximum absolute atomic E-state index is 12.7. The summed E-state index contributed by atoms with van der Waals surface area (Å²) in [5, 5.41) is 8.83. The van der Waals surface area contributed by atoms with Crippen LogP contribution in [0, 0.1) is 0 Å². The highest BCUT2D eigenvalue weighted by molar-refractivity contribution is 14.0. The zero-order chi connectivity index (χ0) is 18.7. The van der Waals surface area contributed by atoms with Crippen LogP contribution in [0.15, 0.2) is 22.8 Å². The first-order valence-electron chi connectivity index (χ1n) is 8.40. The number of likely N-dealkylation sites (tertiary alicyclic amines) is 1. The lowest BCUT2D eigenvalue weighted by Crippen LogP contribution is -2.40. The van der Waals surface area contributed by atoms with Crippen LogP contribution >= 0.6 is 35.3 Å². The van der Waals surface area contributed by atoms with Gasteiger partial charge in [-0.3, -0.25) is 4.68 Å². The van der Waals surface area contributed by atoms with E-state index in [0.717, 1.165) is 36.2 Å². The Balaban J connectivity index is 0.00000261. The van der Waals surface area contributed by atoms with Gasteiger partial charge in [0.05, 0.1) is 12.7 Å². The highest BCUT2D eigenvalue weighted by atomic mass is 127. The number of nitrogens with zero attached hydrogens (tertiary/aromatic N) is 5. The monoisotopic (exact) mass is 514 g/mol. The van der Waals surface area contributed by atoms with E-state index in [1.54, 1.807) is 4.68 Å². The number of aromatic nitrogens is 3. The number of alkyl halides is 3. The summed E-state index contributed by atoms with van der Waals surface area (Å²) in [5.74, 6) is 1.09. The molecule has 2 aromatic rings. The number of nitrogens with one attached hydrogen (secondary N) is 1. The largest absolute Gasteiger partial charge is 0.434 e. The molecule has 0 aliphatic carbocycles. The normalized spacial score (nSPS) is 17.9. The third-order valence-electron chi connectivity index (χ3n) is 4.23. The molecule has 0 saturated carbocycles. The van der Waals surface area contributed by atoms with E-state index in [0.29, 0.717) is 23.4 Å². The molecule has 1 aliphatic rings. The molecule has 1 N–H and O–H groups in total. The number of hydrogen-bond donors (Lipinski definition) is 1. The van der Waals surface area contributed by atoms with Crippen molar-refractivity contribution in [3.05, 3.63) is 34.0 Å². The Labute approximate surface area is 176 Å². The summed E-state index contributed by atoms with van der Waals surface area (Å²) in [6, 6.07) is 0. The van der Waals surface area contributed by atoms with Gasteiger partial charge in [0.2, 0.25) is 0 Å². The summed E-state index contributed by atoms with van der Waals surface area (Å²) >= 11 is 0.984. The first kappa shape index (κ1) is 21.9. The summed E-state index contributed by atoms with van der Waals surface area (Å²) in [7, 11) is 1.89. The van der Waals surface area contributed by atoms with E-state index in [4.69, 9.17) is 0 Å². The molecule has 3 heterocycles. The van der Waals surface area contributed by atoms with Gasteiger partial charge in [-0.15, -0.1) is 35.3 Å². The summed E-state index contributed by atoms with van der Waals surface area (Å²) in [6.07, 6.45) is 0.485. The van der Waals surface area contributed by atoms with Gasteiger partial charge in [-0.25, -0.2) is 9.98 Å². The second-order valence-electron chi connectivity index (χ2n) is 6.17. The number of guanidine groups is 1. The summed E-state index contributed by atoms with van der Waals surface area (Å²) in [6.45, 7) is 4.45. The Hall–Kier alpha value is -1.37. The smallest absolute Gasteiger partial charge is 0.357 e. The Morgan fingerprint density at radius 3 is 2.81 bits per heavy atom. The van der Waals surface area contributed by atoms with E-state index in [-0.39, 0.29) is 30.5 Å². The lowest BCUT2D eigenvalue weighted by Gasteiger charge is -2.21. The van der Waals surface area contributed by atoms with Crippen molar-refractivity contribution < 1.29 is 13.2 Å². The van der Waals surface area contributed by atoms with E-state index in [1.807, 2.05) is 26.4 Å². The minimum Gasteiger partial charge on any atom is -0.357 e. The van der Waals surface area contributed by atoms with Gasteiger partial charge in [0.1, 0.15) is 5.01 Å². The molecular formula is C16H22F3IN6S. The van der Waals surface area contributed by atoms with Crippen LogP contribution in [-0.4, -0.2) is 45.3 Å². The molecule has 0 aromatic carbocycles. The fraction of sp³-hybridized carbons (Fsp3) is 0.562. The lowest BCUT2D eigenvalue weighted by atomic mass is 10.0. The molecule has 1 aliphatic heterocycles. The fourth-order valence-electron chi connectivity index (χ4n) is 2.96. The molecule has 0 spiro atoms. The lowest BCUT2D eigenvalue weighted by molar-refractivity contribution is -0.140. The van der Waals surface area contributed by atoms with Crippen molar-refractivity contribution in [2.24, 2.45) is 12.0 Å². The topological polar surface area (TPSA) is 58.3 Å². The minimum atomic E-state index is -4.41. The summed E-state index contributed by atoms with van der Waals surface area (Å²) in [4.78, 5) is 10.3. The van der Waals surface area contributed by atoms with E-state index < -0.39 is 11.9 Å². The molecule has 2 aromatic heterocycles. The van der Waals surface area contributed by atoms with Crippen LogP contribution in [0.3, 0.4) is 0 Å². The predicted octanol–water partition coefficient (Wildman–Crippen LogP) is 3.47. The molecule has 1 unspecified atom stereocenters. The Morgan fingerprint density at radius 2 is 2.22 bits per heavy atom. The molecule has 1 saturated heterocycles. The van der Waals surface area contributed by atoms with Gasteiger partial charge in [-0.05, 0) is 18.9 Å².